The van der Waals surface area contributed by atoms with Crippen molar-refractivity contribution in [2.24, 2.45) is 28.8 Å². The number of carbonyl (C=O) groups excluding carboxylic acids is 1. The van der Waals surface area contributed by atoms with Gasteiger partial charge in [-0.15, -0.1) is 0 Å². The molecule has 0 spiro atoms. The Morgan fingerprint density at radius 1 is 0.950 bits per heavy atom. The van der Waals surface area contributed by atoms with E-state index in [1.54, 1.807) is 55.4 Å². The van der Waals surface area contributed by atoms with E-state index in [-0.39, 0.29) is 56.3 Å². The largest absolute Gasteiger partial charge is 0.459 e. The maximum Gasteiger partial charge on any atom is 0.311 e. The van der Waals surface area contributed by atoms with Crippen LogP contribution in [-0.2, 0) is 38.1 Å². The van der Waals surface area contributed by atoms with Crippen molar-refractivity contribution in [2.45, 2.75) is 205 Å². The number of hydrogen-bond acceptors (Lipinski definition) is 17. The van der Waals surface area contributed by atoms with Crippen LogP contribution < -0.4 is 5.32 Å². The Balaban J connectivity index is 2.22. The topological polar surface area (TPSA) is 231 Å². The zero-order valence-electron chi connectivity index (χ0n) is 38.9. The van der Waals surface area contributed by atoms with Crippen LogP contribution in [0.25, 0.3) is 0 Å². The van der Waals surface area contributed by atoms with Crippen LogP contribution in [0.2, 0.25) is 0 Å². The van der Waals surface area contributed by atoms with Crippen molar-refractivity contribution >= 4 is 11.7 Å². The molecule has 60 heavy (non-hydrogen) atoms. The van der Waals surface area contributed by atoms with Crippen molar-refractivity contribution in [2.75, 3.05) is 34.4 Å². The number of oxime groups is 1. The summed E-state index contributed by atoms with van der Waals surface area (Å²) in [6.07, 6.45) is -10.6. The van der Waals surface area contributed by atoms with Crippen LogP contribution in [0.15, 0.2) is 5.16 Å². The van der Waals surface area contributed by atoms with Gasteiger partial charge in [-0.2, -0.15) is 0 Å². The third kappa shape index (κ3) is 12.8. The summed E-state index contributed by atoms with van der Waals surface area (Å²) in [5.41, 5.74) is -4.57. The zero-order valence-corrected chi connectivity index (χ0v) is 38.9. The van der Waals surface area contributed by atoms with Crippen LogP contribution in [0.1, 0.15) is 109 Å². The minimum Gasteiger partial charge on any atom is -0.459 e. The Kier molecular flexibility index (Phi) is 19.2. The number of hydrogen-bond donors (Lipinski definition) is 7. The molecule has 3 saturated heterocycles. The smallest absolute Gasteiger partial charge is 0.311 e. The van der Waals surface area contributed by atoms with Crippen molar-refractivity contribution in [3.05, 3.63) is 0 Å². The lowest BCUT2D eigenvalue weighted by molar-refractivity contribution is -0.317. The molecule has 3 heterocycles. The molecule has 3 aliphatic rings. The number of nitrogens with zero attached hydrogens (tertiary/aromatic N) is 2. The maximum atomic E-state index is 14.4. The Hall–Kier alpha value is -1.58. The quantitative estimate of drug-likeness (QED) is 0.104. The van der Waals surface area contributed by atoms with E-state index in [9.17, 15) is 35.4 Å². The molecule has 3 rings (SSSR count). The molecular formula is C43H81N3O14. The van der Waals surface area contributed by atoms with Crippen LogP contribution in [-0.4, -0.2) is 178 Å². The van der Waals surface area contributed by atoms with E-state index in [1.165, 1.54) is 14.0 Å². The second-order valence-electron chi connectivity index (χ2n) is 19.1. The first kappa shape index (κ1) is 52.8. The molecule has 3 fully saturated rings. The van der Waals surface area contributed by atoms with Crippen LogP contribution in [0, 0.1) is 23.7 Å². The number of cyclic esters (lactones) is 1. The predicted molar refractivity (Wildman–Crippen MR) is 224 cm³/mol. The van der Waals surface area contributed by atoms with Gasteiger partial charge in [-0.25, -0.2) is 0 Å². The van der Waals surface area contributed by atoms with E-state index >= 15 is 0 Å². The minimum absolute atomic E-state index is 0.0516. The Bertz CT molecular complexity index is 1370. The molecule has 0 bridgehead atoms. The highest BCUT2D eigenvalue weighted by molar-refractivity contribution is 5.88. The van der Waals surface area contributed by atoms with Gasteiger partial charge >= 0.3 is 5.97 Å². The Morgan fingerprint density at radius 2 is 1.58 bits per heavy atom. The van der Waals surface area contributed by atoms with Gasteiger partial charge in [0.2, 0.25) is 0 Å². The van der Waals surface area contributed by atoms with E-state index in [0.29, 0.717) is 6.42 Å². The van der Waals surface area contributed by atoms with E-state index in [2.05, 4.69) is 10.5 Å². The summed E-state index contributed by atoms with van der Waals surface area (Å²) in [6.45, 7) is 20.9. The summed E-state index contributed by atoms with van der Waals surface area (Å²) in [5, 5.41) is 77.6. The number of methoxy groups -OCH3 is 1. The number of nitrogens with one attached hydrogen (secondary N) is 1. The summed E-state index contributed by atoms with van der Waals surface area (Å²) < 4.78 is 37.7. The number of rotatable bonds is 13. The molecule has 0 aromatic rings. The zero-order chi connectivity index (χ0) is 45.7. The molecule has 0 aliphatic carbocycles. The average molecular weight is 864 g/mol. The first-order chi connectivity index (χ1) is 27.7. The second kappa shape index (κ2) is 21.9. The van der Waals surface area contributed by atoms with Crippen LogP contribution in [0.4, 0.5) is 0 Å². The van der Waals surface area contributed by atoms with E-state index in [1.807, 2.05) is 39.8 Å². The summed E-state index contributed by atoms with van der Waals surface area (Å²) in [4.78, 5) is 22.0. The van der Waals surface area contributed by atoms with Gasteiger partial charge in [0.1, 0.15) is 36.6 Å². The fourth-order valence-corrected chi connectivity index (χ4v) is 9.22. The first-order valence-electron chi connectivity index (χ1n) is 21.9. The van der Waals surface area contributed by atoms with E-state index < -0.39 is 108 Å². The van der Waals surface area contributed by atoms with Gasteiger partial charge in [0.05, 0.1) is 53.4 Å². The second-order valence-corrected chi connectivity index (χ2v) is 19.1. The van der Waals surface area contributed by atoms with Crippen LogP contribution in [0.3, 0.4) is 0 Å². The monoisotopic (exact) mass is 864 g/mol. The molecular weight excluding hydrogens is 782 g/mol. The molecule has 0 aromatic carbocycles. The molecule has 7 N–H and O–H groups in total. The number of aliphatic hydroxyl groups is 6. The molecule has 3 unspecified atom stereocenters. The molecule has 0 saturated carbocycles. The molecule has 352 valence electrons. The van der Waals surface area contributed by atoms with Crippen molar-refractivity contribution < 1.29 is 68.7 Å². The third-order valence-electron chi connectivity index (χ3n) is 13.1. The molecule has 0 aromatic heterocycles. The normalized spacial score (nSPS) is 45.4. The molecule has 0 radical (unpaired) electrons. The third-order valence-corrected chi connectivity index (χ3v) is 13.1. The number of esters is 1. The van der Waals surface area contributed by atoms with Crippen molar-refractivity contribution in [3.63, 3.8) is 0 Å². The lowest BCUT2D eigenvalue weighted by Crippen LogP contribution is -2.61. The number of likely N-dealkylation sites (N-methyl/N-ethyl adjacent to an activating group) is 1. The van der Waals surface area contributed by atoms with Gasteiger partial charge in [0, 0.05) is 49.9 Å². The molecule has 19 atom stereocenters. The molecule has 3 aliphatic heterocycles. The number of carbonyl (C=O) groups is 1. The van der Waals surface area contributed by atoms with Crippen molar-refractivity contribution in [1.29, 1.82) is 0 Å². The standard InChI is InChI=1S/C43H81N3O14/c1-16-31-43(12,53)36(49)25(6)33(45-55-21-29(47)20-44-22(2)3)23(4)18-41(10,52)38(60-40-34(48)30(46(13)14)17-24(5)56-40)26(7)35(27(8)39(51)58-31)59-32-19-42(11,54-15)37(50)28(9)57-32/h22-32,34-38,40,44,47-50,52-53H,16-21H2,1-15H3/b45-33+/t23-,24-,25+,26+,27-,28+,29?,30+,31?,32+,34-,35?,36-,37+,38-,40+,41-,42-,43-/m1/s1. The highest BCUT2D eigenvalue weighted by Gasteiger charge is 2.53. The van der Waals surface area contributed by atoms with Crippen LogP contribution >= 0.6 is 0 Å². The summed E-state index contributed by atoms with van der Waals surface area (Å²) in [6, 6.07) is -0.207. The van der Waals surface area contributed by atoms with Gasteiger partial charge in [-0.05, 0) is 74.9 Å². The summed E-state index contributed by atoms with van der Waals surface area (Å²) >= 11 is 0. The Labute approximate surface area is 358 Å². The van der Waals surface area contributed by atoms with E-state index in [0.717, 1.165) is 0 Å². The van der Waals surface area contributed by atoms with Crippen LogP contribution in [0.5, 0.6) is 0 Å². The Morgan fingerprint density at radius 3 is 2.15 bits per heavy atom. The lowest BCUT2D eigenvalue weighted by atomic mass is 9.73. The highest BCUT2D eigenvalue weighted by Crippen LogP contribution is 2.41. The fraction of sp³-hybridized carbons (Fsp3) is 0.953. The predicted octanol–water partition coefficient (Wildman–Crippen LogP) is 1.95. The fourth-order valence-electron chi connectivity index (χ4n) is 9.22. The first-order valence-corrected chi connectivity index (χ1v) is 21.9. The molecule has 0 amide bonds. The van der Waals surface area contributed by atoms with Gasteiger partial charge in [0.25, 0.3) is 0 Å². The number of ether oxygens (including phenoxy) is 6. The minimum atomic E-state index is -1.99. The SMILES string of the molecule is CCC1OC(=O)[C@H](C)C(O[C@H]2C[C@@](C)(OC)[C@@H](O)[C@H](C)O2)[C@H](C)[C@@H](O[C@@H]2O[C@H](C)C[C@H](N(C)C)[C@H]2O)[C@](C)(O)C[C@@H](C)/C(=N\OCC(O)CNC(C)C)[C@H](C)[C@@H](O)[C@]1(C)O. The lowest BCUT2D eigenvalue weighted by Gasteiger charge is -2.49. The highest BCUT2D eigenvalue weighted by atomic mass is 16.7. The van der Waals surface area contributed by atoms with Gasteiger partial charge < -0.3 is 74.1 Å². The van der Waals surface area contributed by atoms with E-state index in [4.69, 9.17) is 33.3 Å². The summed E-state index contributed by atoms with van der Waals surface area (Å²) in [5.74, 6) is -4.23. The van der Waals surface area contributed by atoms with Gasteiger partial charge in [-0.1, -0.05) is 46.7 Å². The number of aliphatic hydroxyl groups excluding tert-OH is 4. The van der Waals surface area contributed by atoms with Crippen molar-refractivity contribution in [3.8, 4) is 0 Å². The summed E-state index contributed by atoms with van der Waals surface area (Å²) in [7, 11) is 5.21. The van der Waals surface area contributed by atoms with Gasteiger partial charge in [-0.3, -0.25) is 4.79 Å². The maximum absolute atomic E-state index is 14.4. The molecule has 17 nitrogen and oxygen atoms in total. The molecule has 17 heteroatoms. The van der Waals surface area contributed by atoms with Gasteiger partial charge in [0.15, 0.2) is 12.6 Å². The average Bonchev–Trinajstić information content (AvgIpc) is 3.16. The van der Waals surface area contributed by atoms with Crippen molar-refractivity contribution in [1.82, 2.24) is 10.2 Å².